The van der Waals surface area contributed by atoms with Crippen LogP contribution in [0.5, 0.6) is 5.75 Å². The van der Waals surface area contributed by atoms with E-state index >= 15 is 0 Å². The van der Waals surface area contributed by atoms with E-state index in [0.717, 1.165) is 29.0 Å². The molecule has 4 aromatic carbocycles. The predicted octanol–water partition coefficient (Wildman–Crippen LogP) is -2.07. The van der Waals surface area contributed by atoms with Crippen LogP contribution < -0.4 is 59.1 Å². The molecule has 0 spiro atoms. The van der Waals surface area contributed by atoms with Gasteiger partial charge in [-0.25, -0.2) is 16.8 Å². The van der Waals surface area contributed by atoms with E-state index in [1.807, 2.05) is 18.2 Å². The van der Waals surface area contributed by atoms with Crippen LogP contribution in [0.3, 0.4) is 0 Å². The van der Waals surface area contributed by atoms with Gasteiger partial charge in [0.15, 0.2) is 5.75 Å². The second kappa shape index (κ2) is 10.5. The van der Waals surface area contributed by atoms with Crippen molar-refractivity contribution in [2.24, 2.45) is 10.2 Å². The maximum Gasteiger partial charge on any atom is 1.00 e. The van der Waals surface area contributed by atoms with Crippen LogP contribution in [0.15, 0.2) is 86.7 Å². The van der Waals surface area contributed by atoms with Crippen LogP contribution in [-0.4, -0.2) is 31.0 Å². The summed E-state index contributed by atoms with van der Waals surface area (Å²) in [5.41, 5.74) is 0.0643. The molecule has 4 rings (SSSR count). The first kappa shape index (κ1) is 27.9. The molecule has 0 aliphatic heterocycles. The third-order valence-electron chi connectivity index (χ3n) is 4.60. The van der Waals surface area contributed by atoms with Gasteiger partial charge >= 0.3 is 59.1 Å². The van der Waals surface area contributed by atoms with Crippen LogP contribution in [0.1, 0.15) is 0 Å². The average Bonchev–Trinajstić information content (AvgIpc) is 2.71. The van der Waals surface area contributed by atoms with E-state index in [4.69, 9.17) is 0 Å². The van der Waals surface area contributed by atoms with Crippen molar-refractivity contribution in [1.82, 2.24) is 0 Å². The molecular weight excluding hydrogens is 490 g/mol. The smallest absolute Gasteiger partial charge is 0.744 e. The largest absolute Gasteiger partial charge is 1.00 e. The summed E-state index contributed by atoms with van der Waals surface area (Å²) in [5, 5.41) is 20.1. The minimum Gasteiger partial charge on any atom is -0.744 e. The second-order valence-corrected chi connectivity index (χ2v) is 9.29. The maximum atomic E-state index is 11.6. The number of hydrogen-bond donors (Lipinski definition) is 1. The summed E-state index contributed by atoms with van der Waals surface area (Å²) in [7, 11) is -9.98. The quantitative estimate of drug-likeness (QED) is 0.191. The Bertz CT molecular complexity index is 1600. The number of azo groups is 1. The number of aromatic hydroxyl groups is 1. The molecule has 0 aromatic heterocycles. The normalized spacial score (nSPS) is 11.9. The summed E-state index contributed by atoms with van der Waals surface area (Å²) in [6.07, 6.45) is 0. The van der Waals surface area contributed by atoms with Crippen molar-refractivity contribution < 1.29 is 90.2 Å². The van der Waals surface area contributed by atoms with Crippen molar-refractivity contribution in [2.75, 3.05) is 0 Å². The van der Waals surface area contributed by atoms with Gasteiger partial charge in [-0.15, -0.1) is 10.2 Å². The molecular formula is C20H12N2Na2O7S2. The van der Waals surface area contributed by atoms with Gasteiger partial charge in [0.25, 0.3) is 0 Å². The number of hydrogen-bond acceptors (Lipinski definition) is 9. The van der Waals surface area contributed by atoms with Crippen LogP contribution in [0.2, 0.25) is 0 Å². The molecule has 0 aliphatic rings. The fourth-order valence-electron chi connectivity index (χ4n) is 3.18. The zero-order chi connectivity index (χ0) is 22.4. The molecule has 0 heterocycles. The van der Waals surface area contributed by atoms with Crippen molar-refractivity contribution in [1.29, 1.82) is 0 Å². The molecule has 0 saturated heterocycles. The van der Waals surface area contributed by atoms with Gasteiger partial charge in [0.1, 0.15) is 25.9 Å². The molecule has 158 valence electrons. The first-order chi connectivity index (χ1) is 14.6. The van der Waals surface area contributed by atoms with E-state index in [2.05, 4.69) is 10.2 Å². The van der Waals surface area contributed by atoms with Crippen LogP contribution >= 0.6 is 0 Å². The Morgan fingerprint density at radius 3 is 2.03 bits per heavy atom. The van der Waals surface area contributed by atoms with Crippen LogP contribution in [-0.2, 0) is 20.2 Å². The van der Waals surface area contributed by atoms with Crippen LogP contribution in [0.4, 0.5) is 11.4 Å². The zero-order valence-corrected chi connectivity index (χ0v) is 23.1. The summed E-state index contributed by atoms with van der Waals surface area (Å²) in [5.74, 6) is -0.927. The van der Waals surface area contributed by atoms with Crippen LogP contribution in [0, 0.1) is 0 Å². The fraction of sp³-hybridized carbons (Fsp3) is 0. The number of fused-ring (bicyclic) bond motifs is 2. The third kappa shape index (κ3) is 5.82. The molecule has 0 atom stereocenters. The minimum absolute atomic E-state index is 0. The summed E-state index contributed by atoms with van der Waals surface area (Å²) in [6, 6.07) is 16.4. The molecule has 0 saturated carbocycles. The first-order valence-electron chi connectivity index (χ1n) is 8.67. The molecule has 0 bridgehead atoms. The number of benzene rings is 4. The fourth-order valence-corrected chi connectivity index (χ4v) is 4.29. The van der Waals surface area contributed by atoms with Crippen LogP contribution in [0.25, 0.3) is 21.5 Å². The van der Waals surface area contributed by atoms with Crippen molar-refractivity contribution in [3.8, 4) is 5.75 Å². The third-order valence-corrected chi connectivity index (χ3v) is 6.29. The summed E-state index contributed by atoms with van der Waals surface area (Å²) >= 11 is 0. The maximum absolute atomic E-state index is 11.6. The van der Waals surface area contributed by atoms with Crippen molar-refractivity contribution >= 4 is 53.2 Å². The predicted molar refractivity (Wildman–Crippen MR) is 110 cm³/mol. The summed E-state index contributed by atoms with van der Waals surface area (Å²) < 4.78 is 68.8. The number of phenols is 1. The molecule has 4 aromatic rings. The second-order valence-electron chi connectivity index (χ2n) is 6.56. The van der Waals surface area contributed by atoms with E-state index in [-0.39, 0.29) is 75.6 Å². The summed E-state index contributed by atoms with van der Waals surface area (Å²) in [6.45, 7) is 0. The Morgan fingerprint density at radius 1 is 0.697 bits per heavy atom. The zero-order valence-electron chi connectivity index (χ0n) is 17.5. The standard InChI is InChI=1S/C20H14N2O7S2.2Na/c23-20-18(31(27,28)29)11-13-10-14(30(24,25)26)8-9-16(13)19(20)22-21-17-7-3-5-12-4-1-2-6-15(12)17;;/h1-11,23H,(H,24,25,26)(H,27,28,29);;/q;2*+1/p-2/b22-21+;;. The van der Waals surface area contributed by atoms with E-state index in [1.54, 1.807) is 24.3 Å². The van der Waals surface area contributed by atoms with E-state index < -0.39 is 35.8 Å². The van der Waals surface area contributed by atoms with Crippen molar-refractivity contribution in [3.63, 3.8) is 0 Å². The monoisotopic (exact) mass is 502 g/mol. The molecule has 0 radical (unpaired) electrons. The Balaban J connectivity index is 0.00000193. The Kier molecular flexibility index (Phi) is 8.85. The molecule has 33 heavy (non-hydrogen) atoms. The summed E-state index contributed by atoms with van der Waals surface area (Å²) in [4.78, 5) is -1.64. The van der Waals surface area contributed by atoms with E-state index in [0.29, 0.717) is 5.69 Å². The molecule has 13 heteroatoms. The van der Waals surface area contributed by atoms with E-state index in [9.17, 15) is 31.0 Å². The van der Waals surface area contributed by atoms with Gasteiger partial charge in [0, 0.05) is 10.8 Å². The molecule has 0 amide bonds. The minimum atomic E-state index is -5.14. The molecule has 0 unspecified atom stereocenters. The molecule has 1 N–H and O–H groups in total. The number of nitrogens with zero attached hydrogens (tertiary/aromatic N) is 2. The first-order valence-corrected chi connectivity index (χ1v) is 11.5. The Labute approximate surface area is 233 Å². The molecule has 9 nitrogen and oxygen atoms in total. The molecule has 0 aliphatic carbocycles. The Morgan fingerprint density at radius 2 is 1.36 bits per heavy atom. The van der Waals surface area contributed by atoms with Crippen molar-refractivity contribution in [3.05, 3.63) is 66.7 Å². The average molecular weight is 502 g/mol. The Hall–Kier alpha value is -1.38. The van der Waals surface area contributed by atoms with Gasteiger partial charge < -0.3 is 14.2 Å². The van der Waals surface area contributed by atoms with Gasteiger partial charge in [-0.3, -0.25) is 0 Å². The topological polar surface area (TPSA) is 159 Å². The van der Waals surface area contributed by atoms with Gasteiger partial charge in [0.2, 0.25) is 0 Å². The van der Waals surface area contributed by atoms with Gasteiger partial charge in [0.05, 0.1) is 15.5 Å². The number of rotatable bonds is 4. The van der Waals surface area contributed by atoms with E-state index in [1.165, 1.54) is 6.07 Å². The van der Waals surface area contributed by atoms with Gasteiger partial charge in [-0.2, -0.15) is 0 Å². The van der Waals surface area contributed by atoms with Gasteiger partial charge in [-0.05, 0) is 35.0 Å². The van der Waals surface area contributed by atoms with Crippen molar-refractivity contribution in [2.45, 2.75) is 9.79 Å². The number of phenolic OH excluding ortho intramolecular Hbond substituents is 1. The SMILES string of the molecule is O=S(=O)([O-])c1ccc2c(/N=N/c3cccc4ccccc34)c(O)c(S(=O)(=O)[O-])cc2c1.[Na+].[Na+]. The molecule has 0 fully saturated rings. The van der Waals surface area contributed by atoms with Gasteiger partial charge in [-0.1, -0.05) is 42.5 Å².